The largest absolute Gasteiger partial charge is 0.481 e. The Morgan fingerprint density at radius 3 is 2.29 bits per heavy atom. The minimum Gasteiger partial charge on any atom is -0.481 e. The van der Waals surface area contributed by atoms with Gasteiger partial charge in [0.15, 0.2) is 0 Å². The number of urea groups is 1. The Morgan fingerprint density at radius 1 is 1.03 bits per heavy atom. The van der Waals surface area contributed by atoms with Crippen LogP contribution < -0.4 is 15.5 Å². The highest BCUT2D eigenvalue weighted by Gasteiger charge is 2.29. The minimum atomic E-state index is -0.890. The maximum absolute atomic E-state index is 13.1. The zero-order valence-electron chi connectivity index (χ0n) is 23.3. The summed E-state index contributed by atoms with van der Waals surface area (Å²) in [5.41, 5.74) is 4.23. The predicted molar refractivity (Wildman–Crippen MR) is 152 cm³/mol. The van der Waals surface area contributed by atoms with Crippen LogP contribution in [0.1, 0.15) is 63.0 Å². The third-order valence-electron chi connectivity index (χ3n) is 7.13. The molecule has 2 aromatic carbocycles. The summed E-state index contributed by atoms with van der Waals surface area (Å²) in [4.78, 5) is 27.1. The van der Waals surface area contributed by atoms with Crippen LogP contribution in [-0.4, -0.2) is 56.6 Å². The molecule has 208 valence electrons. The monoisotopic (exact) mass is 525 g/mol. The number of ether oxygens (including phenoxy) is 2. The van der Waals surface area contributed by atoms with Gasteiger partial charge in [0, 0.05) is 38.4 Å². The fraction of sp³-hybridized carbons (Fsp3) is 0.533. The third-order valence-corrected chi connectivity index (χ3v) is 7.13. The van der Waals surface area contributed by atoms with Gasteiger partial charge < -0.3 is 30.1 Å². The van der Waals surface area contributed by atoms with Crippen molar-refractivity contribution in [2.45, 2.75) is 70.9 Å². The summed E-state index contributed by atoms with van der Waals surface area (Å²) < 4.78 is 10.9. The molecule has 3 N–H and O–H groups in total. The van der Waals surface area contributed by atoms with E-state index in [-0.39, 0.29) is 25.0 Å². The highest BCUT2D eigenvalue weighted by Crippen LogP contribution is 2.36. The first-order valence-corrected chi connectivity index (χ1v) is 13.5. The number of hydrogen-bond acceptors (Lipinski definition) is 5. The number of carboxylic acid groups (broad SMARTS) is 1. The molecule has 0 radical (unpaired) electrons. The van der Waals surface area contributed by atoms with Crippen LogP contribution in [-0.2, 0) is 14.3 Å². The first kappa shape index (κ1) is 29.5. The summed E-state index contributed by atoms with van der Waals surface area (Å²) in [5.74, 6) is -0.806. The molecule has 0 aromatic heterocycles. The van der Waals surface area contributed by atoms with Gasteiger partial charge >= 0.3 is 12.0 Å². The van der Waals surface area contributed by atoms with Crippen molar-refractivity contribution in [1.82, 2.24) is 0 Å². The molecule has 1 unspecified atom stereocenters. The Morgan fingerprint density at radius 2 is 1.71 bits per heavy atom. The van der Waals surface area contributed by atoms with Gasteiger partial charge in [0.05, 0.1) is 30.5 Å². The molecule has 38 heavy (non-hydrogen) atoms. The number of nitrogens with zero attached hydrogens (tertiary/aromatic N) is 1. The summed E-state index contributed by atoms with van der Waals surface area (Å²) in [6, 6.07) is 13.5. The van der Waals surface area contributed by atoms with Crippen molar-refractivity contribution in [3.8, 4) is 0 Å². The van der Waals surface area contributed by atoms with Crippen LogP contribution in [0.25, 0.3) is 0 Å². The second-order valence-electron chi connectivity index (χ2n) is 10.7. The second kappa shape index (κ2) is 14.2. The summed E-state index contributed by atoms with van der Waals surface area (Å²) in [5, 5.41) is 15.5. The van der Waals surface area contributed by atoms with E-state index in [9.17, 15) is 14.7 Å². The number of benzene rings is 2. The lowest BCUT2D eigenvalue weighted by Crippen LogP contribution is -2.42. The third kappa shape index (κ3) is 8.46. The van der Waals surface area contributed by atoms with E-state index in [2.05, 4.69) is 29.4 Å². The highest BCUT2D eigenvalue weighted by molar-refractivity contribution is 6.02. The second-order valence-corrected chi connectivity index (χ2v) is 10.7. The van der Waals surface area contributed by atoms with Gasteiger partial charge in [0.2, 0.25) is 0 Å². The molecule has 0 heterocycles. The lowest BCUT2D eigenvalue weighted by molar-refractivity contribution is -0.137. The summed E-state index contributed by atoms with van der Waals surface area (Å²) in [6.07, 6.45) is 4.25. The summed E-state index contributed by atoms with van der Waals surface area (Å²) in [6.45, 7) is 7.50. The number of methoxy groups -OCH3 is 2. The van der Waals surface area contributed by atoms with Crippen molar-refractivity contribution >= 4 is 29.1 Å². The molecule has 8 heteroatoms. The van der Waals surface area contributed by atoms with Crippen molar-refractivity contribution in [3.05, 3.63) is 53.6 Å². The molecule has 2 aromatic rings. The van der Waals surface area contributed by atoms with Gasteiger partial charge in [-0.3, -0.25) is 4.79 Å². The molecule has 1 aliphatic rings. The van der Waals surface area contributed by atoms with Crippen LogP contribution in [0.4, 0.5) is 21.9 Å². The standard InChI is InChI=1S/C30H43N3O5/c1-20(2)18-33(25-11-13-26(38-5)14-12-25)28-15-8-22(23(19-37-4)17-29(34)35)16-27(28)32-30(36)31-24-9-6-21(3)7-10-24/h6-10,15-16,20,23,25-26H,11-14,17-19H2,1-5H3,(H,34,35)(H2,31,32,36)/t23?,25-,26+. The van der Waals surface area contributed by atoms with Crippen LogP contribution >= 0.6 is 0 Å². The van der Waals surface area contributed by atoms with Crippen LogP contribution in [0.3, 0.4) is 0 Å². The fourth-order valence-corrected chi connectivity index (χ4v) is 5.19. The molecular weight excluding hydrogens is 482 g/mol. The van der Waals surface area contributed by atoms with E-state index in [4.69, 9.17) is 9.47 Å². The lowest BCUT2D eigenvalue weighted by Gasteiger charge is -2.40. The molecule has 3 rings (SSSR count). The molecule has 0 bridgehead atoms. The SMILES string of the molecule is COCC(CC(=O)O)c1ccc(N(CC(C)C)[C@H]2CC[C@@H](OC)CC2)c(NC(=O)Nc2ccc(C)cc2)c1. The maximum Gasteiger partial charge on any atom is 0.323 e. The summed E-state index contributed by atoms with van der Waals surface area (Å²) in [7, 11) is 3.34. The number of hydrogen-bond donors (Lipinski definition) is 3. The first-order valence-electron chi connectivity index (χ1n) is 13.5. The zero-order valence-corrected chi connectivity index (χ0v) is 23.3. The quantitative estimate of drug-likeness (QED) is 0.302. The van der Waals surface area contributed by atoms with Gasteiger partial charge in [0.25, 0.3) is 0 Å². The van der Waals surface area contributed by atoms with Crippen molar-refractivity contribution in [2.24, 2.45) is 5.92 Å². The molecule has 0 aliphatic heterocycles. The number of anilines is 3. The van der Waals surface area contributed by atoms with Gasteiger partial charge in [-0.2, -0.15) is 0 Å². The average molecular weight is 526 g/mol. The van der Waals surface area contributed by atoms with Crippen LogP contribution in [0, 0.1) is 12.8 Å². The van der Waals surface area contributed by atoms with E-state index in [1.807, 2.05) is 49.4 Å². The van der Waals surface area contributed by atoms with Crippen molar-refractivity contribution in [2.75, 3.05) is 42.9 Å². The normalized spacial score (nSPS) is 18.2. The van der Waals surface area contributed by atoms with Crippen molar-refractivity contribution in [3.63, 3.8) is 0 Å². The van der Waals surface area contributed by atoms with E-state index < -0.39 is 5.97 Å². The van der Waals surface area contributed by atoms with Crippen LogP contribution in [0.5, 0.6) is 0 Å². The van der Waals surface area contributed by atoms with Gasteiger partial charge in [-0.05, 0) is 68.4 Å². The van der Waals surface area contributed by atoms with Gasteiger partial charge in [-0.25, -0.2) is 4.79 Å². The number of carbonyl (C=O) groups is 2. The Kier molecular flexibility index (Phi) is 11.0. The Bertz CT molecular complexity index is 1050. The molecule has 0 spiro atoms. The molecule has 1 atom stereocenters. The minimum absolute atomic E-state index is 0.0566. The molecule has 2 amide bonds. The summed E-state index contributed by atoms with van der Waals surface area (Å²) >= 11 is 0. The Labute approximate surface area is 226 Å². The number of nitrogens with one attached hydrogen (secondary N) is 2. The molecule has 1 fully saturated rings. The number of carbonyl (C=O) groups excluding carboxylic acids is 1. The first-order chi connectivity index (χ1) is 18.2. The highest BCUT2D eigenvalue weighted by atomic mass is 16.5. The van der Waals surface area contributed by atoms with Crippen molar-refractivity contribution in [1.29, 1.82) is 0 Å². The number of rotatable bonds is 12. The molecule has 8 nitrogen and oxygen atoms in total. The molecule has 1 aliphatic carbocycles. The van der Waals surface area contributed by atoms with Gasteiger partial charge in [0.1, 0.15) is 0 Å². The molecular formula is C30H43N3O5. The topological polar surface area (TPSA) is 100 Å². The fourth-order valence-electron chi connectivity index (χ4n) is 5.19. The van der Waals surface area contributed by atoms with E-state index in [0.717, 1.165) is 49.0 Å². The lowest BCUT2D eigenvalue weighted by atomic mass is 9.90. The van der Waals surface area contributed by atoms with Crippen LogP contribution in [0.15, 0.2) is 42.5 Å². The smallest absolute Gasteiger partial charge is 0.323 e. The number of aryl methyl sites for hydroxylation is 1. The average Bonchev–Trinajstić information content (AvgIpc) is 2.88. The molecule has 1 saturated carbocycles. The molecule has 0 saturated heterocycles. The van der Waals surface area contributed by atoms with E-state index in [0.29, 0.717) is 29.4 Å². The Hall–Kier alpha value is -3.10. The number of aliphatic carboxylic acids is 1. The van der Waals surface area contributed by atoms with E-state index in [1.165, 1.54) is 0 Å². The maximum atomic E-state index is 13.1. The number of carboxylic acids is 1. The Balaban J connectivity index is 1.97. The predicted octanol–water partition coefficient (Wildman–Crippen LogP) is 6.26. The van der Waals surface area contributed by atoms with E-state index in [1.54, 1.807) is 14.2 Å². The number of amides is 2. The van der Waals surface area contributed by atoms with Crippen molar-refractivity contribution < 1.29 is 24.2 Å². The van der Waals surface area contributed by atoms with E-state index >= 15 is 0 Å². The van der Waals surface area contributed by atoms with Gasteiger partial charge in [-0.15, -0.1) is 0 Å². The zero-order chi connectivity index (χ0) is 27.7. The van der Waals surface area contributed by atoms with Crippen LogP contribution in [0.2, 0.25) is 0 Å². The van der Waals surface area contributed by atoms with Gasteiger partial charge in [-0.1, -0.05) is 37.6 Å².